The van der Waals surface area contributed by atoms with Gasteiger partial charge in [-0.2, -0.15) is 5.10 Å². The first-order valence-electron chi connectivity index (χ1n) is 7.41. The summed E-state index contributed by atoms with van der Waals surface area (Å²) >= 11 is 8.33. The smallest absolute Gasteiger partial charge is 0.0850 e. The lowest BCUT2D eigenvalue weighted by Gasteiger charge is -2.15. The molecule has 2 aromatic rings. The Morgan fingerprint density at radius 2 is 2.33 bits per heavy atom. The van der Waals surface area contributed by atoms with Crippen molar-refractivity contribution in [2.24, 2.45) is 12.9 Å². The van der Waals surface area contributed by atoms with Crippen LogP contribution in [0, 0.1) is 0 Å². The van der Waals surface area contributed by atoms with Gasteiger partial charge < -0.3 is 0 Å². The molecule has 0 spiro atoms. The molecular weight excluding hydrogens is 304 g/mol. The largest absolute Gasteiger partial charge is 0.271 e. The van der Waals surface area contributed by atoms with E-state index >= 15 is 0 Å². The topological polar surface area (TPSA) is 55.9 Å². The molecule has 3 N–H and O–H groups in total. The number of nitrogens with zero attached hydrogens (tertiary/aromatic N) is 2. The second-order valence-electron chi connectivity index (χ2n) is 5.56. The van der Waals surface area contributed by atoms with Crippen molar-refractivity contribution in [3.05, 3.63) is 37.8 Å². The molecular formula is C15H21ClN4S. The highest BCUT2D eigenvalue weighted by Crippen LogP contribution is 2.35. The number of nitrogens with two attached hydrogens (primary N) is 1. The van der Waals surface area contributed by atoms with Crippen LogP contribution in [0.4, 0.5) is 0 Å². The maximum Gasteiger partial charge on any atom is 0.0850 e. The van der Waals surface area contributed by atoms with Crippen LogP contribution in [0.2, 0.25) is 5.02 Å². The molecule has 6 heteroatoms. The summed E-state index contributed by atoms with van der Waals surface area (Å²) in [5.74, 6) is 5.79. The predicted molar refractivity (Wildman–Crippen MR) is 87.7 cm³/mol. The van der Waals surface area contributed by atoms with Gasteiger partial charge in [-0.3, -0.25) is 16.0 Å². The van der Waals surface area contributed by atoms with Gasteiger partial charge in [0, 0.05) is 23.2 Å². The van der Waals surface area contributed by atoms with Gasteiger partial charge in [0.1, 0.15) is 0 Å². The molecule has 0 amide bonds. The molecule has 0 radical (unpaired) electrons. The molecule has 0 bridgehead atoms. The zero-order valence-electron chi connectivity index (χ0n) is 12.4. The van der Waals surface area contributed by atoms with E-state index in [1.165, 1.54) is 34.6 Å². The van der Waals surface area contributed by atoms with Crippen molar-refractivity contribution in [2.45, 2.75) is 45.1 Å². The molecule has 0 saturated carbocycles. The van der Waals surface area contributed by atoms with E-state index in [0.717, 1.165) is 29.3 Å². The van der Waals surface area contributed by atoms with Crippen molar-refractivity contribution in [1.29, 1.82) is 0 Å². The Morgan fingerprint density at radius 3 is 2.95 bits per heavy atom. The molecule has 1 unspecified atom stereocenters. The Morgan fingerprint density at radius 1 is 1.52 bits per heavy atom. The van der Waals surface area contributed by atoms with E-state index in [0.29, 0.717) is 0 Å². The second-order valence-corrected chi connectivity index (χ2v) is 7.10. The molecule has 21 heavy (non-hydrogen) atoms. The number of hydrogen-bond acceptors (Lipinski definition) is 4. The molecule has 2 heterocycles. The average Bonchev–Trinajstić information content (AvgIpc) is 3.12. The van der Waals surface area contributed by atoms with Crippen molar-refractivity contribution in [3.63, 3.8) is 0 Å². The van der Waals surface area contributed by atoms with Gasteiger partial charge in [0.2, 0.25) is 0 Å². The minimum Gasteiger partial charge on any atom is -0.271 e. The van der Waals surface area contributed by atoms with Gasteiger partial charge in [0.15, 0.2) is 0 Å². The Balaban J connectivity index is 1.85. The standard InChI is InChI=1S/C15H21ClN4S/c1-3-10-15(16)12(20(2)19-10)8-11(18-17)14-7-9-5-4-6-13(9)21-14/h7,11,18H,3-6,8,17H2,1-2H3. The Labute approximate surface area is 134 Å². The van der Waals surface area contributed by atoms with Crippen molar-refractivity contribution < 1.29 is 0 Å². The van der Waals surface area contributed by atoms with E-state index in [9.17, 15) is 0 Å². The van der Waals surface area contributed by atoms with Crippen LogP contribution in [0.5, 0.6) is 0 Å². The number of aryl methyl sites for hydroxylation is 4. The highest BCUT2D eigenvalue weighted by atomic mass is 35.5. The minimum absolute atomic E-state index is 0.0956. The average molecular weight is 325 g/mol. The number of hydrazine groups is 1. The fourth-order valence-corrected chi connectivity index (χ4v) is 4.69. The summed E-state index contributed by atoms with van der Waals surface area (Å²) in [5.41, 5.74) is 6.45. The van der Waals surface area contributed by atoms with E-state index in [-0.39, 0.29) is 6.04 Å². The quantitative estimate of drug-likeness (QED) is 0.657. The van der Waals surface area contributed by atoms with Crippen molar-refractivity contribution in [2.75, 3.05) is 0 Å². The molecule has 0 saturated heterocycles. The summed E-state index contributed by atoms with van der Waals surface area (Å²) in [5, 5.41) is 5.26. The summed E-state index contributed by atoms with van der Waals surface area (Å²) in [7, 11) is 1.95. The third kappa shape index (κ3) is 2.75. The maximum absolute atomic E-state index is 6.44. The zero-order chi connectivity index (χ0) is 15.0. The Kier molecular flexibility index (Phi) is 4.36. The lowest BCUT2D eigenvalue weighted by molar-refractivity contribution is 0.537. The number of nitrogens with one attached hydrogen (secondary N) is 1. The lowest BCUT2D eigenvalue weighted by Crippen LogP contribution is -2.29. The highest BCUT2D eigenvalue weighted by molar-refractivity contribution is 7.12. The molecule has 0 aliphatic heterocycles. The molecule has 0 aromatic carbocycles. The number of halogens is 1. The fraction of sp³-hybridized carbons (Fsp3) is 0.533. The van der Waals surface area contributed by atoms with Gasteiger partial charge in [-0.1, -0.05) is 18.5 Å². The van der Waals surface area contributed by atoms with Gasteiger partial charge in [0.25, 0.3) is 0 Å². The van der Waals surface area contributed by atoms with Gasteiger partial charge in [-0.05, 0) is 37.3 Å². The molecule has 1 atom stereocenters. The van der Waals surface area contributed by atoms with E-state index in [1.54, 1.807) is 0 Å². The number of rotatable bonds is 5. The number of hydrogen-bond donors (Lipinski definition) is 2. The first kappa shape index (κ1) is 15.0. The first-order chi connectivity index (χ1) is 10.1. The van der Waals surface area contributed by atoms with E-state index < -0.39 is 0 Å². The molecule has 2 aromatic heterocycles. The van der Waals surface area contributed by atoms with Crippen LogP contribution in [0.25, 0.3) is 0 Å². The third-order valence-electron chi connectivity index (χ3n) is 4.21. The molecule has 114 valence electrons. The number of fused-ring (bicyclic) bond motifs is 1. The van der Waals surface area contributed by atoms with E-state index in [4.69, 9.17) is 17.4 Å². The van der Waals surface area contributed by atoms with Crippen LogP contribution >= 0.6 is 22.9 Å². The van der Waals surface area contributed by atoms with Crippen molar-refractivity contribution in [1.82, 2.24) is 15.2 Å². The van der Waals surface area contributed by atoms with Gasteiger partial charge >= 0.3 is 0 Å². The van der Waals surface area contributed by atoms with Crippen LogP contribution in [-0.4, -0.2) is 9.78 Å². The fourth-order valence-electron chi connectivity index (χ4n) is 3.00. The Hall–Kier alpha value is -0.880. The van der Waals surface area contributed by atoms with Gasteiger partial charge in [-0.25, -0.2) is 0 Å². The van der Waals surface area contributed by atoms with Crippen LogP contribution in [0.3, 0.4) is 0 Å². The molecule has 1 aliphatic rings. The summed E-state index contributed by atoms with van der Waals surface area (Å²) in [6.07, 6.45) is 5.31. The normalized spacial score (nSPS) is 15.4. The van der Waals surface area contributed by atoms with Crippen molar-refractivity contribution >= 4 is 22.9 Å². The lowest BCUT2D eigenvalue weighted by atomic mass is 10.1. The highest BCUT2D eigenvalue weighted by Gasteiger charge is 2.22. The van der Waals surface area contributed by atoms with Gasteiger partial charge in [-0.15, -0.1) is 11.3 Å². The second kappa shape index (κ2) is 6.08. The summed E-state index contributed by atoms with van der Waals surface area (Å²) in [6.45, 7) is 2.07. The minimum atomic E-state index is 0.0956. The van der Waals surface area contributed by atoms with Crippen molar-refractivity contribution in [3.8, 4) is 0 Å². The van der Waals surface area contributed by atoms with Crippen LogP contribution < -0.4 is 11.3 Å². The summed E-state index contributed by atoms with van der Waals surface area (Å²) in [6, 6.07) is 2.40. The summed E-state index contributed by atoms with van der Waals surface area (Å²) in [4.78, 5) is 2.83. The number of aromatic nitrogens is 2. The SMILES string of the molecule is CCc1nn(C)c(CC(NN)c2cc3c(s2)CCC3)c1Cl. The number of thiophene rings is 1. The predicted octanol–water partition coefficient (Wildman–Crippen LogP) is 2.93. The Bertz CT molecular complexity index is 625. The molecule has 4 nitrogen and oxygen atoms in total. The van der Waals surface area contributed by atoms with Crippen LogP contribution in [0.1, 0.15) is 46.1 Å². The molecule has 3 rings (SSSR count). The monoisotopic (exact) mass is 324 g/mol. The maximum atomic E-state index is 6.44. The van der Waals surface area contributed by atoms with Gasteiger partial charge in [0.05, 0.1) is 22.5 Å². The van der Waals surface area contributed by atoms with E-state index in [2.05, 4.69) is 23.5 Å². The zero-order valence-corrected chi connectivity index (χ0v) is 14.0. The third-order valence-corrected chi connectivity index (χ3v) is 6.00. The summed E-state index contributed by atoms with van der Waals surface area (Å²) < 4.78 is 1.88. The first-order valence-corrected chi connectivity index (χ1v) is 8.61. The molecule has 0 fully saturated rings. The van der Waals surface area contributed by atoms with E-state index in [1.807, 2.05) is 23.1 Å². The molecule has 1 aliphatic carbocycles. The van der Waals surface area contributed by atoms with Crippen LogP contribution in [-0.2, 0) is 32.7 Å². The van der Waals surface area contributed by atoms with Crippen LogP contribution in [0.15, 0.2) is 6.07 Å².